The Labute approximate surface area is 144 Å². The van der Waals surface area contributed by atoms with E-state index in [0.717, 1.165) is 6.07 Å². The van der Waals surface area contributed by atoms with Crippen molar-refractivity contribution in [2.45, 2.75) is 6.18 Å². The fourth-order valence-electron chi connectivity index (χ4n) is 2.16. The largest absolute Gasteiger partial charge is 1.00 e. The van der Waals surface area contributed by atoms with Gasteiger partial charge in [-0.2, -0.15) is 23.2 Å². The molecule has 11 heteroatoms. The van der Waals surface area contributed by atoms with E-state index in [9.17, 15) is 17.6 Å². The highest BCUT2D eigenvalue weighted by Crippen LogP contribution is 2.27. The average Bonchev–Trinajstić information content (AvgIpc) is 2.93. The Hall–Kier alpha value is -1.97. The second kappa shape index (κ2) is 6.88. The highest BCUT2D eigenvalue weighted by Gasteiger charge is 2.37. The number of aliphatic imine (C=N–C) groups is 2. The molecule has 128 valence electrons. The summed E-state index contributed by atoms with van der Waals surface area (Å²) < 4.78 is 51.8. The van der Waals surface area contributed by atoms with Crippen LogP contribution in [0.15, 0.2) is 39.1 Å². The van der Waals surface area contributed by atoms with Crippen molar-refractivity contribution in [3.63, 3.8) is 0 Å². The van der Waals surface area contributed by atoms with Crippen molar-refractivity contribution < 1.29 is 35.0 Å². The van der Waals surface area contributed by atoms with Crippen molar-refractivity contribution >= 4 is 35.7 Å². The summed E-state index contributed by atoms with van der Waals surface area (Å²) >= 11 is 6.00. The van der Waals surface area contributed by atoms with Crippen LogP contribution in [0.4, 0.5) is 17.6 Å². The zero-order valence-corrected chi connectivity index (χ0v) is 13.2. The van der Waals surface area contributed by atoms with E-state index in [-0.39, 0.29) is 45.4 Å². The molecule has 5 nitrogen and oxygen atoms in total. The Morgan fingerprint density at radius 2 is 2.00 bits per heavy atom. The van der Waals surface area contributed by atoms with Crippen LogP contribution >= 0.6 is 11.6 Å². The molecule has 0 fully saturated rings. The molecule has 1 atom stereocenters. The first kappa shape index (κ1) is 18.4. The van der Waals surface area contributed by atoms with Crippen LogP contribution < -0.4 is 22.7 Å². The molecule has 1 aromatic rings. The lowest BCUT2D eigenvalue weighted by Gasteiger charge is -2.20. The van der Waals surface area contributed by atoms with E-state index in [4.69, 9.17) is 11.6 Å². The molecule has 0 radical (unpaired) electrons. The molecule has 24 heavy (non-hydrogen) atoms. The normalized spacial score (nSPS) is 19.0. The summed E-state index contributed by atoms with van der Waals surface area (Å²) in [6.45, 7) is -1.31. The van der Waals surface area contributed by atoms with Gasteiger partial charge in [0.05, 0.1) is 16.8 Å². The standard InChI is InChI=1S/C13H8ClF4N5.ClH/c14-8-2-1-3-9(15)10(8)7-4-19-12-21-6-22-23(12)11(7)20-5-13(16,17)18;/h1-4,6,20H,5H2;1H. The van der Waals surface area contributed by atoms with E-state index in [1.807, 2.05) is 0 Å². The van der Waals surface area contributed by atoms with E-state index in [0.29, 0.717) is 0 Å². The summed E-state index contributed by atoms with van der Waals surface area (Å²) in [5.41, 5.74) is 0.0431. The number of rotatable bonds is 3. The van der Waals surface area contributed by atoms with E-state index in [1.165, 1.54) is 24.7 Å². The molecule has 2 aliphatic heterocycles. The molecule has 0 aliphatic carbocycles. The maximum Gasteiger partial charge on any atom is 0.405 e. The molecule has 1 aromatic carbocycles. The quantitative estimate of drug-likeness (QED) is 0.621. The fourth-order valence-corrected chi connectivity index (χ4v) is 2.43. The first-order chi connectivity index (χ1) is 10.9. The van der Waals surface area contributed by atoms with Gasteiger partial charge in [0, 0.05) is 5.56 Å². The fraction of sp³-hybridized carbons (Fsp3) is 0.154. The molecule has 0 bridgehead atoms. The van der Waals surface area contributed by atoms with Gasteiger partial charge < -0.3 is 17.7 Å². The van der Waals surface area contributed by atoms with E-state index >= 15 is 0 Å². The van der Waals surface area contributed by atoms with Crippen LogP contribution in [-0.4, -0.2) is 31.2 Å². The van der Waals surface area contributed by atoms with Crippen LogP contribution in [0, 0.1) is 5.82 Å². The Morgan fingerprint density at radius 3 is 2.67 bits per heavy atom. The van der Waals surface area contributed by atoms with Crippen molar-refractivity contribution in [1.29, 1.82) is 0 Å². The number of fused-ring (bicyclic) bond motifs is 1. The lowest BCUT2D eigenvalue weighted by molar-refractivity contribution is -0.771. The number of allylic oxidation sites excluding steroid dienone is 1. The number of hydrogen-bond donors (Lipinski definition) is 2. The number of alkyl halides is 3. The number of nitrogens with zero attached hydrogens (tertiary/aromatic N) is 3. The van der Waals surface area contributed by atoms with Crippen molar-refractivity contribution in [3.8, 4) is 0 Å². The molecule has 0 saturated carbocycles. The molecular weight excluding hydrogens is 373 g/mol. The lowest BCUT2D eigenvalue weighted by Crippen LogP contribution is -3.09. The zero-order chi connectivity index (χ0) is 16.6. The SMILES string of the molecule is Fc1cccc(Cl)c1C1=C(NCC(F)(F)F)[NH+]2N=CN=C2N=C1.[Cl-]. The molecule has 0 saturated heterocycles. The Kier molecular flexibility index (Phi) is 5.26. The highest BCUT2D eigenvalue weighted by molar-refractivity contribution is 6.34. The Balaban J connectivity index is 0.00000208. The van der Waals surface area contributed by atoms with Gasteiger partial charge in [-0.25, -0.2) is 4.39 Å². The Bertz CT molecular complexity index is 750. The number of benzene rings is 1. The van der Waals surface area contributed by atoms with Gasteiger partial charge in [-0.1, -0.05) is 27.8 Å². The number of nitrogens with one attached hydrogen (secondary N) is 2. The van der Waals surface area contributed by atoms with Gasteiger partial charge in [0.15, 0.2) is 6.34 Å². The van der Waals surface area contributed by atoms with Crippen LogP contribution in [0.3, 0.4) is 0 Å². The molecule has 0 spiro atoms. The summed E-state index contributed by atoms with van der Waals surface area (Å²) in [7, 11) is 0. The number of guanidine groups is 1. The minimum absolute atomic E-state index is 0. The van der Waals surface area contributed by atoms with Crippen LogP contribution in [-0.2, 0) is 0 Å². The third-order valence-electron chi connectivity index (χ3n) is 3.10. The minimum atomic E-state index is -4.45. The first-order valence-corrected chi connectivity index (χ1v) is 6.76. The Morgan fingerprint density at radius 1 is 1.25 bits per heavy atom. The molecule has 0 aromatic heterocycles. The second-order valence-corrected chi connectivity index (χ2v) is 5.07. The van der Waals surface area contributed by atoms with E-state index < -0.39 is 18.5 Å². The van der Waals surface area contributed by atoms with Crippen molar-refractivity contribution in [2.24, 2.45) is 15.1 Å². The monoisotopic (exact) mass is 381 g/mol. The first-order valence-electron chi connectivity index (χ1n) is 6.38. The van der Waals surface area contributed by atoms with Crippen LogP contribution in [0.2, 0.25) is 5.02 Å². The third-order valence-corrected chi connectivity index (χ3v) is 3.41. The lowest BCUT2D eigenvalue weighted by atomic mass is 10.0. The van der Waals surface area contributed by atoms with E-state index in [1.54, 1.807) is 0 Å². The van der Waals surface area contributed by atoms with Gasteiger partial charge in [-0.15, -0.1) is 0 Å². The second-order valence-electron chi connectivity index (χ2n) is 4.66. The van der Waals surface area contributed by atoms with Gasteiger partial charge >= 0.3 is 12.1 Å². The number of halogens is 6. The van der Waals surface area contributed by atoms with Crippen LogP contribution in [0.5, 0.6) is 0 Å². The zero-order valence-electron chi connectivity index (χ0n) is 11.7. The number of quaternary nitrogens is 1. The molecule has 3 rings (SSSR count). The molecular formula is C13H9Cl2F4N5. The van der Waals surface area contributed by atoms with Crippen molar-refractivity contribution in [3.05, 3.63) is 40.4 Å². The van der Waals surface area contributed by atoms with E-state index in [2.05, 4.69) is 20.4 Å². The summed E-state index contributed by atoms with van der Waals surface area (Å²) in [5.74, 6) is -0.532. The van der Waals surface area contributed by atoms with Crippen LogP contribution in [0.1, 0.15) is 5.56 Å². The average molecular weight is 382 g/mol. The summed E-state index contributed by atoms with van der Waals surface area (Å²) in [5, 5.41) is 6.31. The van der Waals surface area contributed by atoms with Gasteiger partial charge in [0.2, 0.25) is 5.82 Å². The van der Waals surface area contributed by atoms with Gasteiger partial charge in [0.25, 0.3) is 0 Å². The highest BCUT2D eigenvalue weighted by atomic mass is 35.5. The third kappa shape index (κ3) is 3.58. The predicted octanol–water partition coefficient (Wildman–Crippen LogP) is -1.41. The topological polar surface area (TPSA) is 53.5 Å². The molecule has 0 amide bonds. The molecule has 2 aliphatic rings. The maximum atomic E-state index is 14.1. The van der Waals surface area contributed by atoms with Gasteiger partial charge in [0.1, 0.15) is 12.4 Å². The van der Waals surface area contributed by atoms with Gasteiger partial charge in [-0.05, 0) is 12.1 Å². The molecule has 2 N–H and O–H groups in total. The molecule has 1 unspecified atom stereocenters. The summed E-state index contributed by atoms with van der Waals surface area (Å²) in [4.78, 5) is 7.82. The van der Waals surface area contributed by atoms with Crippen molar-refractivity contribution in [2.75, 3.05) is 6.54 Å². The predicted molar refractivity (Wildman–Crippen MR) is 77.8 cm³/mol. The summed E-state index contributed by atoms with van der Waals surface area (Å²) in [6.07, 6.45) is -2.06. The maximum absolute atomic E-state index is 14.1. The smallest absolute Gasteiger partial charge is 0.405 e. The number of hydrogen-bond acceptors (Lipinski definition) is 4. The summed E-state index contributed by atoms with van der Waals surface area (Å²) in [6, 6.07) is 4.00. The van der Waals surface area contributed by atoms with Crippen molar-refractivity contribution in [1.82, 2.24) is 5.32 Å². The molecule has 2 heterocycles. The van der Waals surface area contributed by atoms with Crippen LogP contribution in [0.25, 0.3) is 5.57 Å². The van der Waals surface area contributed by atoms with Gasteiger partial charge in [-0.3, -0.25) is 0 Å². The minimum Gasteiger partial charge on any atom is -1.00 e.